The maximum atomic E-state index is 11.9. The molecule has 0 spiro atoms. The first-order valence-corrected chi connectivity index (χ1v) is 9.95. The Morgan fingerprint density at radius 2 is 1.73 bits per heavy atom. The van der Waals surface area contributed by atoms with Gasteiger partial charge >= 0.3 is 11.9 Å². The summed E-state index contributed by atoms with van der Waals surface area (Å²) >= 11 is 11.8. The number of ether oxygens (including phenoxy) is 3. The number of carbonyl (C=O) groups is 3. The summed E-state index contributed by atoms with van der Waals surface area (Å²) < 4.78 is 15.3. The minimum Gasteiger partial charge on any atom is -0.492 e. The lowest BCUT2D eigenvalue weighted by Crippen LogP contribution is -2.21. The van der Waals surface area contributed by atoms with Crippen molar-refractivity contribution in [2.24, 2.45) is 0 Å². The predicted octanol–water partition coefficient (Wildman–Crippen LogP) is 4.51. The highest BCUT2D eigenvalue weighted by atomic mass is 35.5. The summed E-state index contributed by atoms with van der Waals surface area (Å²) in [4.78, 5) is 35.2. The summed E-state index contributed by atoms with van der Waals surface area (Å²) in [6.07, 6.45) is 0.488. The standard InChI is InChI=1S/C21H21Cl2NO6/c1-2-28-21(27)14-5-8-16(9-6-14)24-19(25)13-30-20(26)4-3-11-29-18-10-7-15(22)12-17(18)23/h5-10,12H,2-4,11,13H2,1H3,(H,24,25). The molecular weight excluding hydrogens is 433 g/mol. The zero-order valence-corrected chi connectivity index (χ0v) is 17.8. The Morgan fingerprint density at radius 1 is 1.00 bits per heavy atom. The van der Waals surface area contributed by atoms with E-state index in [1.165, 1.54) is 12.1 Å². The Kier molecular flexibility index (Phi) is 9.44. The van der Waals surface area contributed by atoms with Gasteiger partial charge in [-0.3, -0.25) is 9.59 Å². The van der Waals surface area contributed by atoms with Crippen molar-refractivity contribution < 1.29 is 28.6 Å². The summed E-state index contributed by atoms with van der Waals surface area (Å²) in [6, 6.07) is 11.1. The summed E-state index contributed by atoms with van der Waals surface area (Å²) in [7, 11) is 0. The fourth-order valence-corrected chi connectivity index (χ4v) is 2.77. The average Bonchev–Trinajstić information content (AvgIpc) is 2.71. The number of nitrogens with one attached hydrogen (secondary N) is 1. The summed E-state index contributed by atoms with van der Waals surface area (Å²) in [5.41, 5.74) is 0.848. The van der Waals surface area contributed by atoms with Gasteiger partial charge in [0.25, 0.3) is 5.91 Å². The Labute approximate surface area is 184 Å². The molecule has 2 aromatic carbocycles. The number of halogens is 2. The molecular formula is C21H21Cl2NO6. The fraction of sp³-hybridized carbons (Fsp3) is 0.286. The van der Waals surface area contributed by atoms with E-state index >= 15 is 0 Å². The lowest BCUT2D eigenvalue weighted by Gasteiger charge is -2.09. The minimum atomic E-state index is -0.520. The molecule has 9 heteroatoms. The van der Waals surface area contributed by atoms with Crippen LogP contribution in [-0.2, 0) is 19.1 Å². The van der Waals surface area contributed by atoms with Gasteiger partial charge in [0.1, 0.15) is 5.75 Å². The van der Waals surface area contributed by atoms with Crippen molar-refractivity contribution >= 4 is 46.7 Å². The van der Waals surface area contributed by atoms with Gasteiger partial charge in [-0.25, -0.2) is 4.79 Å². The number of hydrogen-bond donors (Lipinski definition) is 1. The molecule has 1 N–H and O–H groups in total. The van der Waals surface area contributed by atoms with Crippen molar-refractivity contribution in [2.75, 3.05) is 25.1 Å². The normalized spacial score (nSPS) is 10.2. The highest BCUT2D eigenvalue weighted by molar-refractivity contribution is 6.35. The van der Waals surface area contributed by atoms with Crippen LogP contribution in [0.4, 0.5) is 5.69 Å². The van der Waals surface area contributed by atoms with Crippen molar-refractivity contribution in [2.45, 2.75) is 19.8 Å². The van der Waals surface area contributed by atoms with Crippen molar-refractivity contribution in [3.8, 4) is 5.75 Å². The Bertz CT molecular complexity index is 886. The zero-order valence-electron chi connectivity index (χ0n) is 16.3. The summed E-state index contributed by atoms with van der Waals surface area (Å²) in [5.74, 6) is -0.973. The Hall–Kier alpha value is -2.77. The van der Waals surface area contributed by atoms with Crippen LogP contribution in [0.3, 0.4) is 0 Å². The maximum absolute atomic E-state index is 11.9. The van der Waals surface area contributed by atoms with Gasteiger partial charge in [0, 0.05) is 17.1 Å². The molecule has 0 heterocycles. The van der Waals surface area contributed by atoms with Crippen LogP contribution in [-0.4, -0.2) is 37.7 Å². The molecule has 0 bridgehead atoms. The number of anilines is 1. The van der Waals surface area contributed by atoms with Crippen LogP contribution in [0.15, 0.2) is 42.5 Å². The van der Waals surface area contributed by atoms with Gasteiger partial charge in [-0.05, 0) is 55.8 Å². The second-order valence-electron chi connectivity index (χ2n) is 6.03. The Morgan fingerprint density at radius 3 is 2.40 bits per heavy atom. The molecule has 0 aliphatic rings. The van der Waals surface area contributed by atoms with Crippen molar-refractivity contribution in [1.82, 2.24) is 0 Å². The third-order valence-corrected chi connectivity index (χ3v) is 4.25. The zero-order chi connectivity index (χ0) is 21.9. The summed E-state index contributed by atoms with van der Waals surface area (Å²) in [5, 5.41) is 3.47. The van der Waals surface area contributed by atoms with Gasteiger partial charge < -0.3 is 19.5 Å². The van der Waals surface area contributed by atoms with Crippen LogP contribution >= 0.6 is 23.2 Å². The quantitative estimate of drug-likeness (QED) is 0.420. The second-order valence-corrected chi connectivity index (χ2v) is 6.88. The average molecular weight is 454 g/mol. The molecule has 0 saturated carbocycles. The van der Waals surface area contributed by atoms with E-state index in [1.54, 1.807) is 37.3 Å². The fourth-order valence-electron chi connectivity index (χ4n) is 2.31. The van der Waals surface area contributed by atoms with E-state index in [0.717, 1.165) is 0 Å². The third kappa shape index (κ3) is 7.93. The Balaban J connectivity index is 1.65. The van der Waals surface area contributed by atoms with E-state index < -0.39 is 24.5 Å². The first kappa shape index (κ1) is 23.5. The van der Waals surface area contributed by atoms with Gasteiger partial charge in [0.05, 0.1) is 23.8 Å². The molecule has 0 aliphatic carbocycles. The van der Waals surface area contributed by atoms with Gasteiger partial charge in [-0.15, -0.1) is 0 Å². The molecule has 0 fully saturated rings. The molecule has 160 valence electrons. The number of rotatable bonds is 10. The number of amides is 1. The molecule has 0 aromatic heterocycles. The SMILES string of the molecule is CCOC(=O)c1ccc(NC(=O)COC(=O)CCCOc2ccc(Cl)cc2Cl)cc1. The first-order valence-electron chi connectivity index (χ1n) is 9.19. The van der Waals surface area contributed by atoms with Crippen molar-refractivity contribution in [3.05, 3.63) is 58.1 Å². The summed E-state index contributed by atoms with van der Waals surface area (Å²) in [6.45, 7) is 1.84. The van der Waals surface area contributed by atoms with Gasteiger partial charge in [0.2, 0.25) is 0 Å². The molecule has 0 saturated heterocycles. The van der Waals surface area contributed by atoms with Gasteiger partial charge in [-0.1, -0.05) is 23.2 Å². The first-order chi connectivity index (χ1) is 14.4. The largest absolute Gasteiger partial charge is 0.492 e. The van der Waals surface area contributed by atoms with E-state index in [-0.39, 0.29) is 19.6 Å². The van der Waals surface area contributed by atoms with E-state index in [4.69, 9.17) is 37.4 Å². The maximum Gasteiger partial charge on any atom is 0.338 e. The third-order valence-electron chi connectivity index (χ3n) is 3.72. The molecule has 7 nitrogen and oxygen atoms in total. The number of benzene rings is 2. The highest BCUT2D eigenvalue weighted by Crippen LogP contribution is 2.27. The number of carbonyl (C=O) groups excluding carboxylic acids is 3. The number of hydrogen-bond acceptors (Lipinski definition) is 6. The van der Waals surface area contributed by atoms with Crippen LogP contribution in [0.25, 0.3) is 0 Å². The van der Waals surface area contributed by atoms with Gasteiger partial charge in [0.15, 0.2) is 6.61 Å². The van der Waals surface area contributed by atoms with Crippen LogP contribution in [0.2, 0.25) is 10.0 Å². The molecule has 0 atom stereocenters. The van der Waals surface area contributed by atoms with Crippen LogP contribution in [0.1, 0.15) is 30.1 Å². The van der Waals surface area contributed by atoms with Crippen LogP contribution in [0, 0.1) is 0 Å². The highest BCUT2D eigenvalue weighted by Gasteiger charge is 2.10. The lowest BCUT2D eigenvalue weighted by atomic mass is 10.2. The number of esters is 2. The van der Waals surface area contributed by atoms with E-state index in [2.05, 4.69) is 5.32 Å². The molecule has 0 radical (unpaired) electrons. The van der Waals surface area contributed by atoms with Crippen molar-refractivity contribution in [3.63, 3.8) is 0 Å². The van der Waals surface area contributed by atoms with E-state index in [9.17, 15) is 14.4 Å². The van der Waals surface area contributed by atoms with Crippen molar-refractivity contribution in [1.29, 1.82) is 0 Å². The van der Waals surface area contributed by atoms with E-state index in [1.807, 2.05) is 0 Å². The monoisotopic (exact) mass is 453 g/mol. The molecule has 0 unspecified atom stereocenters. The van der Waals surface area contributed by atoms with Crippen LogP contribution in [0.5, 0.6) is 5.75 Å². The van der Waals surface area contributed by atoms with Gasteiger partial charge in [-0.2, -0.15) is 0 Å². The van der Waals surface area contributed by atoms with Crippen LogP contribution < -0.4 is 10.1 Å². The smallest absolute Gasteiger partial charge is 0.338 e. The molecule has 2 rings (SSSR count). The predicted molar refractivity (Wildman–Crippen MR) is 113 cm³/mol. The van der Waals surface area contributed by atoms with E-state index in [0.29, 0.717) is 33.5 Å². The molecule has 2 aromatic rings. The molecule has 30 heavy (non-hydrogen) atoms. The minimum absolute atomic E-state index is 0.0900. The lowest BCUT2D eigenvalue weighted by molar-refractivity contribution is -0.147. The molecule has 0 aliphatic heterocycles. The molecule has 1 amide bonds. The topological polar surface area (TPSA) is 90.9 Å². The second kappa shape index (κ2) is 12.0.